The summed E-state index contributed by atoms with van der Waals surface area (Å²) in [6.45, 7) is 3.50. The largest absolute Gasteiger partial charge is 0.321 e. The van der Waals surface area contributed by atoms with Gasteiger partial charge in [0.1, 0.15) is 5.69 Å². The molecule has 2 aromatic rings. The number of hydrogen-bond acceptors (Lipinski definition) is 5. The predicted octanol–water partition coefficient (Wildman–Crippen LogP) is 2.08. The summed E-state index contributed by atoms with van der Waals surface area (Å²) in [7, 11) is -3.52. The van der Waals surface area contributed by atoms with Gasteiger partial charge in [0.25, 0.3) is 5.91 Å². The van der Waals surface area contributed by atoms with Crippen LogP contribution in [-0.2, 0) is 10.0 Å². The lowest BCUT2D eigenvalue weighted by molar-refractivity contribution is 0.102. The first kappa shape index (κ1) is 15.6. The van der Waals surface area contributed by atoms with E-state index in [2.05, 4.69) is 15.0 Å². The lowest BCUT2D eigenvalue weighted by Gasteiger charge is -2.10. The molecule has 0 saturated carbocycles. The first-order valence-corrected chi connectivity index (χ1v) is 8.63. The number of sulfonamides is 1. The maximum Gasteiger partial charge on any atom is 0.275 e. The number of nitrogens with zero attached hydrogens (tertiary/aromatic N) is 1. The molecule has 0 atom stereocenters. The van der Waals surface area contributed by atoms with Crippen LogP contribution in [0.3, 0.4) is 0 Å². The minimum atomic E-state index is -3.52. The molecule has 1 aromatic heterocycles. The van der Waals surface area contributed by atoms with Crippen LogP contribution in [0.2, 0.25) is 0 Å². The lowest BCUT2D eigenvalue weighted by Crippen LogP contribution is -2.30. The smallest absolute Gasteiger partial charge is 0.275 e. The highest BCUT2D eigenvalue weighted by atomic mass is 32.2. The van der Waals surface area contributed by atoms with Crippen LogP contribution in [0.1, 0.15) is 24.3 Å². The Bertz CT molecular complexity index is 708. The molecule has 112 valence electrons. The first-order valence-electron chi connectivity index (χ1n) is 6.20. The second-order valence-corrected chi connectivity index (χ2v) is 7.06. The van der Waals surface area contributed by atoms with Crippen LogP contribution in [0.15, 0.2) is 40.1 Å². The molecule has 0 aliphatic heterocycles. The molecule has 8 heteroatoms. The van der Waals surface area contributed by atoms with Gasteiger partial charge in [-0.25, -0.2) is 18.1 Å². The molecule has 1 heterocycles. The van der Waals surface area contributed by atoms with Crippen molar-refractivity contribution >= 4 is 33.0 Å². The van der Waals surface area contributed by atoms with Crippen LogP contribution < -0.4 is 10.0 Å². The Kier molecular flexibility index (Phi) is 4.71. The van der Waals surface area contributed by atoms with E-state index < -0.39 is 10.0 Å². The van der Waals surface area contributed by atoms with Gasteiger partial charge in [0.05, 0.1) is 10.4 Å². The number of thiazole rings is 1. The number of benzene rings is 1. The number of rotatable bonds is 5. The molecule has 21 heavy (non-hydrogen) atoms. The number of aromatic nitrogens is 1. The van der Waals surface area contributed by atoms with Crippen molar-refractivity contribution in [3.05, 3.63) is 40.8 Å². The maximum absolute atomic E-state index is 12.0. The Balaban J connectivity index is 2.11. The molecule has 0 unspecified atom stereocenters. The summed E-state index contributed by atoms with van der Waals surface area (Å²) in [5.74, 6) is -0.327. The molecular weight excluding hydrogens is 310 g/mol. The second-order valence-electron chi connectivity index (χ2n) is 4.63. The standard InChI is InChI=1S/C13H15N3O3S2/c1-9(2)16-21(18,19)11-5-3-10(4-6-11)15-13(17)12-7-20-8-14-12/h3-9,16H,1-2H3,(H,15,17). The van der Waals surface area contributed by atoms with Crippen LogP contribution in [-0.4, -0.2) is 25.4 Å². The summed E-state index contributed by atoms with van der Waals surface area (Å²) in [5.41, 5.74) is 2.41. The van der Waals surface area contributed by atoms with E-state index in [1.54, 1.807) is 36.9 Å². The molecule has 0 saturated heterocycles. The molecule has 0 fully saturated rings. The van der Waals surface area contributed by atoms with Crippen molar-refractivity contribution in [2.24, 2.45) is 0 Å². The maximum atomic E-state index is 12.0. The summed E-state index contributed by atoms with van der Waals surface area (Å²) < 4.78 is 26.4. The fourth-order valence-electron chi connectivity index (χ4n) is 1.62. The summed E-state index contributed by atoms with van der Waals surface area (Å²) >= 11 is 1.33. The van der Waals surface area contributed by atoms with E-state index in [-0.39, 0.29) is 16.8 Å². The number of hydrogen-bond donors (Lipinski definition) is 2. The number of nitrogens with one attached hydrogen (secondary N) is 2. The summed E-state index contributed by atoms with van der Waals surface area (Å²) in [5, 5.41) is 4.29. The zero-order chi connectivity index (χ0) is 15.5. The van der Waals surface area contributed by atoms with Crippen molar-refractivity contribution in [2.75, 3.05) is 5.32 Å². The molecule has 0 spiro atoms. The molecule has 2 rings (SSSR count). The SMILES string of the molecule is CC(C)NS(=O)(=O)c1ccc(NC(=O)c2cscn2)cc1. The molecule has 1 amide bonds. The van der Waals surface area contributed by atoms with Crippen molar-refractivity contribution in [3.8, 4) is 0 Å². The number of carbonyl (C=O) groups excluding carboxylic acids is 1. The van der Waals surface area contributed by atoms with E-state index >= 15 is 0 Å². The Morgan fingerprint density at radius 1 is 1.24 bits per heavy atom. The Hall–Kier alpha value is -1.77. The van der Waals surface area contributed by atoms with E-state index in [0.29, 0.717) is 11.4 Å². The zero-order valence-electron chi connectivity index (χ0n) is 11.5. The molecule has 2 N–H and O–H groups in total. The minimum absolute atomic E-state index is 0.155. The van der Waals surface area contributed by atoms with Gasteiger partial charge in [-0.2, -0.15) is 0 Å². The minimum Gasteiger partial charge on any atom is -0.321 e. The second kappa shape index (κ2) is 6.33. The quantitative estimate of drug-likeness (QED) is 0.881. The topological polar surface area (TPSA) is 88.2 Å². The zero-order valence-corrected chi connectivity index (χ0v) is 13.2. The average molecular weight is 325 g/mol. The summed E-state index contributed by atoms with van der Waals surface area (Å²) in [6.07, 6.45) is 0. The van der Waals surface area contributed by atoms with Crippen LogP contribution in [0, 0.1) is 0 Å². The Morgan fingerprint density at radius 2 is 1.90 bits per heavy atom. The Labute approximate surface area is 127 Å². The number of amides is 1. The van der Waals surface area contributed by atoms with Crippen LogP contribution >= 0.6 is 11.3 Å². The molecular formula is C13H15N3O3S2. The van der Waals surface area contributed by atoms with E-state index in [1.807, 2.05) is 0 Å². The van der Waals surface area contributed by atoms with Gasteiger partial charge in [0, 0.05) is 17.1 Å². The van der Waals surface area contributed by atoms with Gasteiger partial charge in [0.2, 0.25) is 10.0 Å². The van der Waals surface area contributed by atoms with Gasteiger partial charge in [-0.05, 0) is 38.1 Å². The van der Waals surface area contributed by atoms with Crippen molar-refractivity contribution in [1.29, 1.82) is 0 Å². The fraction of sp³-hybridized carbons (Fsp3) is 0.231. The Morgan fingerprint density at radius 3 is 2.43 bits per heavy atom. The van der Waals surface area contributed by atoms with E-state index in [9.17, 15) is 13.2 Å². The van der Waals surface area contributed by atoms with Crippen LogP contribution in [0.25, 0.3) is 0 Å². The predicted molar refractivity (Wildman–Crippen MR) is 82.0 cm³/mol. The summed E-state index contributed by atoms with van der Waals surface area (Å²) in [6, 6.07) is 5.79. The van der Waals surface area contributed by atoms with Crippen molar-refractivity contribution in [1.82, 2.24) is 9.71 Å². The highest BCUT2D eigenvalue weighted by molar-refractivity contribution is 7.89. The highest BCUT2D eigenvalue weighted by Crippen LogP contribution is 2.15. The van der Waals surface area contributed by atoms with E-state index in [1.165, 1.54) is 23.5 Å². The van der Waals surface area contributed by atoms with E-state index in [0.717, 1.165) is 0 Å². The third-order valence-electron chi connectivity index (χ3n) is 2.48. The van der Waals surface area contributed by atoms with Gasteiger partial charge in [-0.3, -0.25) is 4.79 Å². The monoisotopic (exact) mass is 325 g/mol. The van der Waals surface area contributed by atoms with Gasteiger partial charge in [-0.1, -0.05) is 0 Å². The first-order chi connectivity index (χ1) is 9.88. The van der Waals surface area contributed by atoms with Gasteiger partial charge < -0.3 is 5.32 Å². The van der Waals surface area contributed by atoms with Crippen molar-refractivity contribution in [3.63, 3.8) is 0 Å². The molecule has 0 aliphatic rings. The van der Waals surface area contributed by atoms with Crippen molar-refractivity contribution in [2.45, 2.75) is 24.8 Å². The number of anilines is 1. The molecule has 0 radical (unpaired) electrons. The molecule has 0 aliphatic carbocycles. The highest BCUT2D eigenvalue weighted by Gasteiger charge is 2.15. The molecule has 0 bridgehead atoms. The average Bonchev–Trinajstić information content (AvgIpc) is 2.91. The summed E-state index contributed by atoms with van der Waals surface area (Å²) in [4.78, 5) is 15.9. The number of carbonyl (C=O) groups is 1. The third-order valence-corrected chi connectivity index (χ3v) is 4.74. The van der Waals surface area contributed by atoms with E-state index in [4.69, 9.17) is 0 Å². The fourth-order valence-corrected chi connectivity index (χ4v) is 3.40. The van der Waals surface area contributed by atoms with Gasteiger partial charge in [-0.15, -0.1) is 11.3 Å². The molecule has 1 aromatic carbocycles. The van der Waals surface area contributed by atoms with Gasteiger partial charge in [0.15, 0.2) is 0 Å². The van der Waals surface area contributed by atoms with Gasteiger partial charge >= 0.3 is 0 Å². The lowest BCUT2D eigenvalue weighted by atomic mass is 10.3. The normalized spacial score (nSPS) is 11.6. The van der Waals surface area contributed by atoms with Crippen molar-refractivity contribution < 1.29 is 13.2 Å². The molecule has 6 nitrogen and oxygen atoms in total. The third kappa shape index (κ3) is 4.10. The van der Waals surface area contributed by atoms with Crippen LogP contribution in [0.4, 0.5) is 5.69 Å². The van der Waals surface area contributed by atoms with Crippen LogP contribution in [0.5, 0.6) is 0 Å².